The van der Waals surface area contributed by atoms with E-state index in [0.717, 1.165) is 0 Å². The number of aliphatic carboxylic acids is 1. The highest BCUT2D eigenvalue weighted by Crippen LogP contribution is 2.48. The van der Waals surface area contributed by atoms with E-state index in [2.05, 4.69) is 5.32 Å². The maximum atomic E-state index is 11.8. The van der Waals surface area contributed by atoms with E-state index in [0.29, 0.717) is 0 Å². The molecule has 7 nitrogen and oxygen atoms in total. The summed E-state index contributed by atoms with van der Waals surface area (Å²) in [6, 6.07) is 0. The number of fused-ring (bicyclic) bond motifs is 1. The molecule has 0 saturated carbocycles. The van der Waals surface area contributed by atoms with Gasteiger partial charge in [0.25, 0.3) is 0 Å². The molecular weight excluding hydrogens is 230 g/mol. The minimum absolute atomic E-state index is 0.286. The molecule has 2 heterocycles. The molecule has 0 aromatic carbocycles. The summed E-state index contributed by atoms with van der Waals surface area (Å²) in [7, 11) is 1.42. The zero-order valence-corrected chi connectivity index (χ0v) is 9.60. The van der Waals surface area contributed by atoms with Gasteiger partial charge in [-0.25, -0.2) is 4.79 Å². The molecule has 0 bridgehead atoms. The number of methoxy groups -OCH3 is 1. The second-order valence-electron chi connectivity index (χ2n) is 4.54. The number of nitrogens with one attached hydrogen (secondary N) is 1. The van der Waals surface area contributed by atoms with E-state index < -0.39 is 41.8 Å². The van der Waals surface area contributed by atoms with Crippen molar-refractivity contribution in [2.24, 2.45) is 5.92 Å². The third-order valence-corrected chi connectivity index (χ3v) is 3.84. The number of hydrogen-bond donors (Lipinski definition) is 3. The lowest BCUT2D eigenvalue weighted by Crippen LogP contribution is -2.64. The molecule has 7 heteroatoms. The van der Waals surface area contributed by atoms with E-state index in [9.17, 15) is 19.8 Å². The van der Waals surface area contributed by atoms with E-state index in [1.165, 1.54) is 14.0 Å². The van der Waals surface area contributed by atoms with Gasteiger partial charge in [-0.3, -0.25) is 4.79 Å². The monoisotopic (exact) mass is 245 g/mol. The average Bonchev–Trinajstić information content (AvgIpc) is 2.72. The Kier molecular flexibility index (Phi) is 2.64. The molecule has 4 atom stereocenters. The molecule has 3 N–H and O–H groups in total. The van der Waals surface area contributed by atoms with Crippen LogP contribution in [0.25, 0.3) is 0 Å². The highest BCUT2D eigenvalue weighted by Gasteiger charge is 2.70. The van der Waals surface area contributed by atoms with Crippen LogP contribution < -0.4 is 5.32 Å². The van der Waals surface area contributed by atoms with Crippen LogP contribution in [-0.4, -0.2) is 53.2 Å². The highest BCUT2D eigenvalue weighted by atomic mass is 16.7. The van der Waals surface area contributed by atoms with Gasteiger partial charge in [-0.15, -0.1) is 0 Å². The maximum Gasteiger partial charge on any atom is 0.334 e. The van der Waals surface area contributed by atoms with Crippen molar-refractivity contribution in [3.05, 3.63) is 0 Å². The molecule has 2 rings (SSSR count). The lowest BCUT2D eigenvalue weighted by Gasteiger charge is -2.36. The van der Waals surface area contributed by atoms with Gasteiger partial charge in [-0.2, -0.15) is 0 Å². The Morgan fingerprint density at radius 1 is 1.71 bits per heavy atom. The summed E-state index contributed by atoms with van der Waals surface area (Å²) < 4.78 is 10.5. The average molecular weight is 245 g/mol. The van der Waals surface area contributed by atoms with Crippen LogP contribution in [0.15, 0.2) is 0 Å². The van der Waals surface area contributed by atoms with Gasteiger partial charge >= 0.3 is 5.97 Å². The smallest absolute Gasteiger partial charge is 0.334 e. The number of rotatable bonds is 3. The van der Waals surface area contributed by atoms with Gasteiger partial charge in [-0.1, -0.05) is 0 Å². The fourth-order valence-corrected chi connectivity index (χ4v) is 2.67. The van der Waals surface area contributed by atoms with Crippen LogP contribution in [0.2, 0.25) is 0 Å². The summed E-state index contributed by atoms with van der Waals surface area (Å²) in [5.74, 6) is -2.37. The minimum Gasteiger partial charge on any atom is -0.479 e. The van der Waals surface area contributed by atoms with Crippen molar-refractivity contribution in [3.8, 4) is 0 Å². The molecule has 17 heavy (non-hydrogen) atoms. The fourth-order valence-electron chi connectivity index (χ4n) is 2.67. The number of ether oxygens (including phenoxy) is 2. The summed E-state index contributed by atoms with van der Waals surface area (Å²) in [5.41, 5.74) is -3.10. The number of aliphatic hydroxyl groups is 1. The van der Waals surface area contributed by atoms with Crippen LogP contribution in [-0.2, 0) is 19.1 Å². The van der Waals surface area contributed by atoms with Crippen LogP contribution in [0.5, 0.6) is 0 Å². The molecule has 4 unspecified atom stereocenters. The zero-order chi connectivity index (χ0) is 12.8. The molecule has 2 fully saturated rings. The van der Waals surface area contributed by atoms with Crippen molar-refractivity contribution >= 4 is 11.9 Å². The van der Waals surface area contributed by atoms with Gasteiger partial charge in [0.1, 0.15) is 5.60 Å². The number of carboxylic acids is 1. The SMILES string of the molecule is COC1CC2C(=O)NC(CO)(C(=O)O)C2(C)O1. The Bertz CT molecular complexity index is 372. The third-order valence-electron chi connectivity index (χ3n) is 3.84. The van der Waals surface area contributed by atoms with Crippen molar-refractivity contribution in [1.82, 2.24) is 5.32 Å². The highest BCUT2D eigenvalue weighted by molar-refractivity contribution is 5.95. The minimum atomic E-state index is -1.80. The first kappa shape index (κ1) is 12.3. The summed E-state index contributed by atoms with van der Waals surface area (Å²) in [6.45, 7) is 0.788. The first-order chi connectivity index (χ1) is 7.91. The second-order valence-corrected chi connectivity index (χ2v) is 4.54. The van der Waals surface area contributed by atoms with Crippen LogP contribution >= 0.6 is 0 Å². The topological polar surface area (TPSA) is 105 Å². The Labute approximate surface area is 97.7 Å². The lowest BCUT2D eigenvalue weighted by molar-refractivity contribution is -0.191. The van der Waals surface area contributed by atoms with Crippen molar-refractivity contribution < 1.29 is 29.3 Å². The molecule has 1 amide bonds. The standard InChI is InChI=1S/C10H15NO6/c1-9-5(3-6(16-2)17-9)7(13)11-10(9,4-12)8(14)15/h5-6,12H,3-4H2,1-2H3,(H,11,13)(H,14,15). The van der Waals surface area contributed by atoms with Gasteiger partial charge in [0.05, 0.1) is 12.5 Å². The van der Waals surface area contributed by atoms with Crippen LogP contribution in [0.3, 0.4) is 0 Å². The summed E-state index contributed by atoms with van der Waals surface area (Å²) in [6.07, 6.45) is -0.338. The predicted octanol–water partition coefficient (Wildman–Crippen LogP) is -1.30. The Hall–Kier alpha value is -1.18. The van der Waals surface area contributed by atoms with Crippen LogP contribution in [0, 0.1) is 5.92 Å². The summed E-state index contributed by atoms with van der Waals surface area (Å²) >= 11 is 0. The summed E-state index contributed by atoms with van der Waals surface area (Å²) in [5, 5.41) is 21.0. The van der Waals surface area contributed by atoms with Gasteiger partial charge < -0.3 is 25.0 Å². The molecular formula is C10H15NO6. The van der Waals surface area contributed by atoms with E-state index in [1.54, 1.807) is 0 Å². The molecule has 96 valence electrons. The molecule has 2 saturated heterocycles. The molecule has 0 radical (unpaired) electrons. The van der Waals surface area contributed by atoms with Crippen LogP contribution in [0.1, 0.15) is 13.3 Å². The Morgan fingerprint density at radius 3 is 2.82 bits per heavy atom. The number of aliphatic hydroxyl groups excluding tert-OH is 1. The molecule has 2 aliphatic heterocycles. The second kappa shape index (κ2) is 3.66. The molecule has 0 spiro atoms. The van der Waals surface area contributed by atoms with E-state index >= 15 is 0 Å². The molecule has 2 aliphatic rings. The number of carbonyl (C=O) groups excluding carboxylic acids is 1. The predicted molar refractivity (Wildman–Crippen MR) is 54.0 cm³/mol. The Balaban J connectivity index is 2.44. The van der Waals surface area contributed by atoms with E-state index in [1.807, 2.05) is 0 Å². The van der Waals surface area contributed by atoms with Crippen molar-refractivity contribution in [3.63, 3.8) is 0 Å². The fraction of sp³-hybridized carbons (Fsp3) is 0.800. The number of carboxylic acid groups (broad SMARTS) is 1. The number of hydrogen-bond acceptors (Lipinski definition) is 5. The van der Waals surface area contributed by atoms with Crippen molar-refractivity contribution in [2.75, 3.05) is 13.7 Å². The summed E-state index contributed by atoms with van der Waals surface area (Å²) in [4.78, 5) is 23.1. The number of amides is 1. The number of carbonyl (C=O) groups is 2. The first-order valence-electron chi connectivity index (χ1n) is 5.28. The van der Waals surface area contributed by atoms with E-state index in [-0.39, 0.29) is 6.42 Å². The zero-order valence-electron chi connectivity index (χ0n) is 9.60. The molecule has 0 aromatic rings. The lowest BCUT2D eigenvalue weighted by atomic mass is 9.77. The van der Waals surface area contributed by atoms with Crippen molar-refractivity contribution in [1.29, 1.82) is 0 Å². The first-order valence-corrected chi connectivity index (χ1v) is 5.28. The largest absolute Gasteiger partial charge is 0.479 e. The van der Waals surface area contributed by atoms with Crippen LogP contribution in [0.4, 0.5) is 0 Å². The van der Waals surface area contributed by atoms with Crippen molar-refractivity contribution in [2.45, 2.75) is 30.8 Å². The molecule has 0 aromatic heterocycles. The maximum absolute atomic E-state index is 11.8. The van der Waals surface area contributed by atoms with Gasteiger partial charge in [0.2, 0.25) is 5.91 Å². The Morgan fingerprint density at radius 2 is 2.35 bits per heavy atom. The molecule has 0 aliphatic carbocycles. The third kappa shape index (κ3) is 1.33. The quantitative estimate of drug-likeness (QED) is 0.570. The van der Waals surface area contributed by atoms with E-state index in [4.69, 9.17) is 9.47 Å². The van der Waals surface area contributed by atoms with Gasteiger partial charge in [-0.05, 0) is 6.92 Å². The van der Waals surface area contributed by atoms with Gasteiger partial charge in [0, 0.05) is 13.5 Å². The van der Waals surface area contributed by atoms with Gasteiger partial charge in [0.15, 0.2) is 11.8 Å². The normalized spacial score (nSPS) is 44.5.